The standard InChI is InChI=1S/C14H22FNO2S/c1-11(16-6-9-19-8-3-7-17)12-4-5-13(15)14(10-12)18-2/h4-5,10-11,16-17H,3,6-9H2,1-2H3. The Kier molecular flexibility index (Phi) is 7.86. The highest BCUT2D eigenvalue weighted by Crippen LogP contribution is 2.22. The minimum Gasteiger partial charge on any atom is -0.494 e. The lowest BCUT2D eigenvalue weighted by atomic mass is 10.1. The van der Waals surface area contributed by atoms with Crippen molar-refractivity contribution in [2.45, 2.75) is 19.4 Å². The van der Waals surface area contributed by atoms with Crippen LogP contribution in [0.3, 0.4) is 0 Å². The fourth-order valence-corrected chi connectivity index (χ4v) is 2.48. The molecule has 5 heteroatoms. The van der Waals surface area contributed by atoms with Crippen molar-refractivity contribution in [3.63, 3.8) is 0 Å². The van der Waals surface area contributed by atoms with Crippen molar-refractivity contribution < 1.29 is 14.2 Å². The Balaban J connectivity index is 2.34. The van der Waals surface area contributed by atoms with Crippen LogP contribution < -0.4 is 10.1 Å². The number of hydrogen-bond acceptors (Lipinski definition) is 4. The van der Waals surface area contributed by atoms with Gasteiger partial charge in [0.2, 0.25) is 0 Å². The quantitative estimate of drug-likeness (QED) is 0.685. The normalized spacial score (nSPS) is 12.4. The number of ether oxygens (including phenoxy) is 1. The van der Waals surface area contributed by atoms with E-state index < -0.39 is 0 Å². The molecule has 1 unspecified atom stereocenters. The molecule has 0 spiro atoms. The third kappa shape index (κ3) is 5.80. The monoisotopic (exact) mass is 287 g/mol. The Morgan fingerprint density at radius 2 is 2.21 bits per heavy atom. The van der Waals surface area contributed by atoms with E-state index in [2.05, 4.69) is 5.32 Å². The first-order valence-corrected chi connectivity index (χ1v) is 7.60. The molecule has 1 aromatic rings. The zero-order chi connectivity index (χ0) is 14.1. The molecule has 0 bridgehead atoms. The Morgan fingerprint density at radius 1 is 1.42 bits per heavy atom. The fourth-order valence-electron chi connectivity index (χ4n) is 1.68. The summed E-state index contributed by atoms with van der Waals surface area (Å²) in [6.07, 6.45) is 0.843. The van der Waals surface area contributed by atoms with Gasteiger partial charge in [-0.1, -0.05) is 6.07 Å². The summed E-state index contributed by atoms with van der Waals surface area (Å²) in [5.41, 5.74) is 1.01. The van der Waals surface area contributed by atoms with Crippen LogP contribution in [0.4, 0.5) is 4.39 Å². The highest BCUT2D eigenvalue weighted by molar-refractivity contribution is 7.99. The van der Waals surface area contributed by atoms with Crippen molar-refractivity contribution in [1.29, 1.82) is 0 Å². The Labute approximate surface area is 118 Å². The van der Waals surface area contributed by atoms with Crippen LogP contribution in [0.5, 0.6) is 5.75 Å². The summed E-state index contributed by atoms with van der Waals surface area (Å²) in [7, 11) is 1.47. The molecule has 1 rings (SSSR count). The zero-order valence-electron chi connectivity index (χ0n) is 11.5. The van der Waals surface area contributed by atoms with Crippen LogP contribution >= 0.6 is 11.8 Å². The molecule has 0 amide bonds. The third-order valence-electron chi connectivity index (χ3n) is 2.82. The first-order chi connectivity index (χ1) is 9.19. The van der Waals surface area contributed by atoms with E-state index in [0.29, 0.717) is 0 Å². The summed E-state index contributed by atoms with van der Waals surface area (Å²) in [5, 5.41) is 12.0. The smallest absolute Gasteiger partial charge is 0.165 e. The number of methoxy groups -OCH3 is 1. The molecular formula is C14H22FNO2S. The van der Waals surface area contributed by atoms with E-state index in [1.165, 1.54) is 13.2 Å². The first kappa shape index (κ1) is 16.3. The van der Waals surface area contributed by atoms with Gasteiger partial charge in [-0.3, -0.25) is 0 Å². The molecule has 3 nitrogen and oxygen atoms in total. The van der Waals surface area contributed by atoms with Crippen molar-refractivity contribution in [3.05, 3.63) is 29.6 Å². The predicted octanol–water partition coefficient (Wildman–Crippen LogP) is 2.60. The maximum atomic E-state index is 13.3. The molecule has 19 heavy (non-hydrogen) atoms. The SMILES string of the molecule is COc1cc(C(C)NCCSCCCO)ccc1F. The van der Waals surface area contributed by atoms with E-state index in [9.17, 15) is 4.39 Å². The number of nitrogens with one attached hydrogen (secondary N) is 1. The van der Waals surface area contributed by atoms with E-state index in [0.717, 1.165) is 30.0 Å². The molecule has 1 aromatic carbocycles. The van der Waals surface area contributed by atoms with Crippen LogP contribution in [0, 0.1) is 5.82 Å². The lowest BCUT2D eigenvalue weighted by Crippen LogP contribution is -2.21. The van der Waals surface area contributed by atoms with Gasteiger partial charge in [-0.05, 0) is 36.8 Å². The summed E-state index contributed by atoms with van der Waals surface area (Å²) >= 11 is 1.82. The molecule has 0 aliphatic rings. The topological polar surface area (TPSA) is 41.5 Å². The molecule has 0 saturated heterocycles. The summed E-state index contributed by atoms with van der Waals surface area (Å²) in [5.74, 6) is 1.93. The van der Waals surface area contributed by atoms with Gasteiger partial charge in [0.05, 0.1) is 7.11 Å². The number of aliphatic hydroxyl groups excluding tert-OH is 1. The second kappa shape index (κ2) is 9.18. The van der Waals surface area contributed by atoms with Gasteiger partial charge < -0.3 is 15.2 Å². The van der Waals surface area contributed by atoms with Gasteiger partial charge >= 0.3 is 0 Å². The van der Waals surface area contributed by atoms with Gasteiger partial charge in [0, 0.05) is 24.9 Å². The maximum absolute atomic E-state index is 13.3. The Hall–Kier alpha value is -0.780. The average Bonchev–Trinajstić information content (AvgIpc) is 2.43. The second-order valence-corrected chi connectivity index (χ2v) is 5.48. The van der Waals surface area contributed by atoms with E-state index in [1.54, 1.807) is 12.1 Å². The summed E-state index contributed by atoms with van der Waals surface area (Å²) < 4.78 is 18.3. The highest BCUT2D eigenvalue weighted by atomic mass is 32.2. The second-order valence-electron chi connectivity index (χ2n) is 4.26. The molecular weight excluding hydrogens is 265 g/mol. The number of hydrogen-bond donors (Lipinski definition) is 2. The van der Waals surface area contributed by atoms with E-state index in [-0.39, 0.29) is 24.2 Å². The van der Waals surface area contributed by atoms with E-state index >= 15 is 0 Å². The fraction of sp³-hybridized carbons (Fsp3) is 0.571. The molecule has 0 saturated carbocycles. The third-order valence-corrected chi connectivity index (χ3v) is 3.89. The number of halogens is 1. The van der Waals surface area contributed by atoms with Crippen molar-refractivity contribution in [2.24, 2.45) is 0 Å². The number of rotatable bonds is 9. The van der Waals surface area contributed by atoms with Crippen LogP contribution in [0.15, 0.2) is 18.2 Å². The van der Waals surface area contributed by atoms with Crippen LogP contribution in [-0.4, -0.2) is 36.9 Å². The number of thioether (sulfide) groups is 1. The largest absolute Gasteiger partial charge is 0.494 e. The predicted molar refractivity (Wildman–Crippen MR) is 78.4 cm³/mol. The van der Waals surface area contributed by atoms with Gasteiger partial charge in [0.1, 0.15) is 0 Å². The summed E-state index contributed by atoms with van der Waals surface area (Å²) in [6.45, 7) is 3.19. The van der Waals surface area contributed by atoms with Gasteiger partial charge in [-0.25, -0.2) is 4.39 Å². The van der Waals surface area contributed by atoms with Crippen molar-refractivity contribution in [2.75, 3.05) is 31.8 Å². The molecule has 108 valence electrons. The molecule has 0 aliphatic carbocycles. The summed E-state index contributed by atoms with van der Waals surface area (Å²) in [4.78, 5) is 0. The van der Waals surface area contributed by atoms with E-state index in [4.69, 9.17) is 9.84 Å². The minimum absolute atomic E-state index is 0.160. The Morgan fingerprint density at radius 3 is 2.89 bits per heavy atom. The van der Waals surface area contributed by atoms with Gasteiger partial charge in [-0.15, -0.1) is 0 Å². The molecule has 0 heterocycles. The van der Waals surface area contributed by atoms with Crippen molar-refractivity contribution in [3.8, 4) is 5.75 Å². The molecule has 2 N–H and O–H groups in total. The van der Waals surface area contributed by atoms with Crippen molar-refractivity contribution >= 4 is 11.8 Å². The maximum Gasteiger partial charge on any atom is 0.165 e. The molecule has 0 aliphatic heterocycles. The van der Waals surface area contributed by atoms with Gasteiger partial charge in [0.25, 0.3) is 0 Å². The van der Waals surface area contributed by atoms with Gasteiger partial charge in [0.15, 0.2) is 11.6 Å². The first-order valence-electron chi connectivity index (χ1n) is 6.44. The average molecular weight is 287 g/mol. The van der Waals surface area contributed by atoms with Crippen LogP contribution in [-0.2, 0) is 0 Å². The number of benzene rings is 1. The highest BCUT2D eigenvalue weighted by Gasteiger charge is 2.08. The molecule has 0 radical (unpaired) electrons. The van der Waals surface area contributed by atoms with E-state index in [1.807, 2.05) is 18.7 Å². The molecule has 0 fully saturated rings. The number of aliphatic hydroxyl groups is 1. The van der Waals surface area contributed by atoms with Crippen LogP contribution in [0.1, 0.15) is 24.9 Å². The Bertz CT molecular complexity index is 376. The lowest BCUT2D eigenvalue weighted by molar-refractivity contribution is 0.296. The minimum atomic E-state index is -0.335. The molecule has 1 atom stereocenters. The summed E-state index contributed by atoms with van der Waals surface area (Å²) in [6, 6.07) is 5.09. The zero-order valence-corrected chi connectivity index (χ0v) is 12.3. The van der Waals surface area contributed by atoms with Crippen LogP contribution in [0.2, 0.25) is 0 Å². The van der Waals surface area contributed by atoms with Crippen LogP contribution in [0.25, 0.3) is 0 Å². The lowest BCUT2D eigenvalue weighted by Gasteiger charge is -2.15. The molecule has 0 aromatic heterocycles. The van der Waals surface area contributed by atoms with Crippen molar-refractivity contribution in [1.82, 2.24) is 5.32 Å². The van der Waals surface area contributed by atoms with Gasteiger partial charge in [-0.2, -0.15) is 11.8 Å².